The number of aliphatic imine (C=N–C) groups is 1. The maximum absolute atomic E-state index is 5.35. The van der Waals surface area contributed by atoms with Crippen LogP contribution in [0.1, 0.15) is 31.2 Å². The van der Waals surface area contributed by atoms with Crippen LogP contribution in [0.25, 0.3) is 0 Å². The van der Waals surface area contributed by atoms with Gasteiger partial charge in [0.15, 0.2) is 0 Å². The zero-order valence-corrected chi connectivity index (χ0v) is 9.86. The van der Waals surface area contributed by atoms with Crippen LogP contribution in [0.4, 0.5) is 0 Å². The minimum Gasteiger partial charge on any atom is -0.381 e. The molecule has 1 aromatic carbocycles. The highest BCUT2D eigenvalue weighted by Crippen LogP contribution is 2.18. The molecule has 0 aliphatic heterocycles. The van der Waals surface area contributed by atoms with E-state index in [1.54, 1.807) is 7.11 Å². The van der Waals surface area contributed by atoms with E-state index in [2.05, 4.69) is 29.3 Å². The summed E-state index contributed by atoms with van der Waals surface area (Å²) in [5, 5.41) is 0. The molecule has 1 aromatic rings. The zero-order chi connectivity index (χ0) is 11.2. The van der Waals surface area contributed by atoms with Gasteiger partial charge < -0.3 is 4.74 Å². The first-order valence-electron chi connectivity index (χ1n) is 5.97. The largest absolute Gasteiger partial charge is 0.381 e. The van der Waals surface area contributed by atoms with Gasteiger partial charge in [-0.05, 0) is 31.2 Å². The summed E-state index contributed by atoms with van der Waals surface area (Å²) < 4.78 is 5.35. The van der Waals surface area contributed by atoms with Gasteiger partial charge >= 0.3 is 0 Å². The van der Waals surface area contributed by atoms with Crippen molar-refractivity contribution in [3.05, 3.63) is 35.9 Å². The molecule has 86 valence electrons. The molecule has 1 aliphatic rings. The highest BCUT2D eigenvalue weighted by molar-refractivity contribution is 5.85. The van der Waals surface area contributed by atoms with Crippen LogP contribution in [0, 0.1) is 0 Å². The van der Waals surface area contributed by atoms with Crippen LogP contribution < -0.4 is 0 Å². The SMILES string of the molecule is COC1CCC(=NCc2ccccc2)CC1. The van der Waals surface area contributed by atoms with Gasteiger partial charge in [-0.2, -0.15) is 0 Å². The van der Waals surface area contributed by atoms with Gasteiger partial charge in [-0.3, -0.25) is 4.99 Å². The molecule has 0 spiro atoms. The van der Waals surface area contributed by atoms with E-state index in [4.69, 9.17) is 4.74 Å². The Kier molecular flexibility index (Phi) is 4.11. The molecule has 0 saturated heterocycles. The smallest absolute Gasteiger partial charge is 0.0639 e. The first-order chi connectivity index (χ1) is 7.88. The summed E-state index contributed by atoms with van der Waals surface area (Å²) in [5.74, 6) is 0. The second-order valence-electron chi connectivity index (χ2n) is 4.30. The minimum atomic E-state index is 0.454. The fraction of sp³-hybridized carbons (Fsp3) is 0.500. The van der Waals surface area contributed by atoms with Gasteiger partial charge in [-0.25, -0.2) is 0 Å². The molecule has 0 bridgehead atoms. The van der Waals surface area contributed by atoms with Crippen molar-refractivity contribution in [1.82, 2.24) is 0 Å². The van der Waals surface area contributed by atoms with E-state index >= 15 is 0 Å². The number of nitrogens with zero attached hydrogens (tertiary/aromatic N) is 1. The van der Waals surface area contributed by atoms with E-state index in [9.17, 15) is 0 Å². The lowest BCUT2D eigenvalue weighted by atomic mass is 9.95. The number of rotatable bonds is 3. The van der Waals surface area contributed by atoms with E-state index in [1.807, 2.05) is 6.07 Å². The lowest BCUT2D eigenvalue weighted by molar-refractivity contribution is 0.0862. The number of methoxy groups -OCH3 is 1. The minimum absolute atomic E-state index is 0.454. The predicted octanol–water partition coefficient (Wildman–Crippen LogP) is 3.22. The number of benzene rings is 1. The Labute approximate surface area is 97.4 Å². The second-order valence-corrected chi connectivity index (χ2v) is 4.30. The second kappa shape index (κ2) is 5.80. The summed E-state index contributed by atoms with van der Waals surface area (Å²) in [4.78, 5) is 4.68. The summed E-state index contributed by atoms with van der Waals surface area (Å²) in [7, 11) is 1.80. The average molecular weight is 217 g/mol. The summed E-state index contributed by atoms with van der Waals surface area (Å²) in [6.45, 7) is 0.827. The third-order valence-corrected chi connectivity index (χ3v) is 3.17. The van der Waals surface area contributed by atoms with Gasteiger partial charge in [-0.1, -0.05) is 30.3 Å². The Morgan fingerprint density at radius 3 is 2.50 bits per heavy atom. The lowest BCUT2D eigenvalue weighted by Crippen LogP contribution is -2.20. The van der Waals surface area contributed by atoms with Gasteiger partial charge in [0.25, 0.3) is 0 Å². The summed E-state index contributed by atoms with van der Waals surface area (Å²) in [6, 6.07) is 10.4. The molecule has 0 amide bonds. The van der Waals surface area contributed by atoms with Crippen LogP contribution in [0.15, 0.2) is 35.3 Å². The first kappa shape index (κ1) is 11.3. The number of hydrogen-bond acceptors (Lipinski definition) is 2. The van der Waals surface area contributed by atoms with E-state index in [1.165, 1.54) is 11.3 Å². The summed E-state index contributed by atoms with van der Waals surface area (Å²) in [5.41, 5.74) is 2.65. The van der Waals surface area contributed by atoms with Crippen molar-refractivity contribution < 1.29 is 4.74 Å². The fourth-order valence-corrected chi connectivity index (χ4v) is 2.10. The van der Waals surface area contributed by atoms with Gasteiger partial charge in [0, 0.05) is 12.8 Å². The van der Waals surface area contributed by atoms with E-state index in [0.29, 0.717) is 6.10 Å². The van der Waals surface area contributed by atoms with Crippen molar-refractivity contribution in [2.24, 2.45) is 4.99 Å². The number of hydrogen-bond donors (Lipinski definition) is 0. The molecular formula is C14H19NO. The molecule has 16 heavy (non-hydrogen) atoms. The molecule has 0 heterocycles. The fourth-order valence-electron chi connectivity index (χ4n) is 2.10. The molecule has 0 atom stereocenters. The van der Waals surface area contributed by atoms with E-state index in [-0.39, 0.29) is 0 Å². The third-order valence-electron chi connectivity index (χ3n) is 3.17. The van der Waals surface area contributed by atoms with Gasteiger partial charge in [0.2, 0.25) is 0 Å². The van der Waals surface area contributed by atoms with Gasteiger partial charge in [0.1, 0.15) is 0 Å². The molecule has 2 nitrogen and oxygen atoms in total. The average Bonchev–Trinajstić information content (AvgIpc) is 2.38. The highest BCUT2D eigenvalue weighted by Gasteiger charge is 2.16. The molecule has 2 heteroatoms. The molecule has 0 unspecified atom stereocenters. The van der Waals surface area contributed by atoms with Crippen LogP contribution in [0.5, 0.6) is 0 Å². The van der Waals surface area contributed by atoms with Gasteiger partial charge in [-0.15, -0.1) is 0 Å². The summed E-state index contributed by atoms with van der Waals surface area (Å²) in [6.07, 6.45) is 4.92. The number of ether oxygens (including phenoxy) is 1. The van der Waals surface area contributed by atoms with Crippen molar-refractivity contribution >= 4 is 5.71 Å². The van der Waals surface area contributed by atoms with Crippen LogP contribution in [0.3, 0.4) is 0 Å². The molecule has 1 saturated carbocycles. The van der Waals surface area contributed by atoms with Crippen LogP contribution >= 0.6 is 0 Å². The molecule has 0 aromatic heterocycles. The van der Waals surface area contributed by atoms with Crippen LogP contribution in [-0.2, 0) is 11.3 Å². The van der Waals surface area contributed by atoms with E-state index in [0.717, 1.165) is 32.2 Å². The maximum atomic E-state index is 5.35. The van der Waals surface area contributed by atoms with Crippen molar-refractivity contribution in [2.75, 3.05) is 7.11 Å². The van der Waals surface area contributed by atoms with Crippen molar-refractivity contribution in [1.29, 1.82) is 0 Å². The molecule has 2 rings (SSSR count). The Balaban J connectivity index is 1.85. The zero-order valence-electron chi connectivity index (χ0n) is 9.86. The topological polar surface area (TPSA) is 21.6 Å². The standard InChI is InChI=1S/C14H19NO/c1-16-14-9-7-13(8-10-14)15-11-12-5-3-2-4-6-12/h2-6,14H,7-11H2,1H3. The van der Waals surface area contributed by atoms with Crippen molar-refractivity contribution in [3.63, 3.8) is 0 Å². The first-order valence-corrected chi connectivity index (χ1v) is 5.97. The lowest BCUT2D eigenvalue weighted by Gasteiger charge is -2.21. The predicted molar refractivity (Wildman–Crippen MR) is 66.8 cm³/mol. The normalized spacial score (nSPS) is 20.8. The maximum Gasteiger partial charge on any atom is 0.0639 e. The van der Waals surface area contributed by atoms with Crippen molar-refractivity contribution in [3.8, 4) is 0 Å². The summed E-state index contributed by atoms with van der Waals surface area (Å²) >= 11 is 0. The molecular weight excluding hydrogens is 198 g/mol. The molecule has 0 N–H and O–H groups in total. The Hall–Kier alpha value is -1.15. The monoisotopic (exact) mass is 217 g/mol. The highest BCUT2D eigenvalue weighted by atomic mass is 16.5. The Morgan fingerprint density at radius 2 is 1.88 bits per heavy atom. The Bertz CT molecular complexity index is 335. The van der Waals surface area contributed by atoms with Crippen LogP contribution in [0.2, 0.25) is 0 Å². The van der Waals surface area contributed by atoms with Crippen LogP contribution in [-0.4, -0.2) is 18.9 Å². The van der Waals surface area contributed by atoms with E-state index < -0.39 is 0 Å². The molecule has 1 aliphatic carbocycles. The third kappa shape index (κ3) is 3.17. The Morgan fingerprint density at radius 1 is 1.19 bits per heavy atom. The molecule has 0 radical (unpaired) electrons. The van der Waals surface area contributed by atoms with Gasteiger partial charge in [0.05, 0.1) is 12.6 Å². The molecule has 1 fully saturated rings. The quantitative estimate of drug-likeness (QED) is 0.761. The van der Waals surface area contributed by atoms with Crippen molar-refractivity contribution in [2.45, 2.75) is 38.3 Å².